The molecule has 1 saturated heterocycles. The molecular weight excluding hydrogens is 317 g/mol. The summed E-state index contributed by atoms with van der Waals surface area (Å²) in [6.45, 7) is 4.64. The van der Waals surface area contributed by atoms with Gasteiger partial charge in [-0.1, -0.05) is 66.8 Å². The average Bonchev–Trinajstić information content (AvgIpc) is 2.64. The van der Waals surface area contributed by atoms with Gasteiger partial charge in [-0.3, -0.25) is 4.79 Å². The minimum absolute atomic E-state index is 0.0334. The van der Waals surface area contributed by atoms with Crippen LogP contribution < -0.4 is 4.90 Å². The smallest absolute Gasteiger partial charge is 0.233 e. The summed E-state index contributed by atoms with van der Waals surface area (Å²) < 4.78 is 0.0334. The van der Waals surface area contributed by atoms with Crippen LogP contribution in [0, 0.1) is 11.3 Å². The number of carbonyl (C=O) groups excluding carboxylic acids is 1. The maximum Gasteiger partial charge on any atom is 0.233 e. The van der Waals surface area contributed by atoms with Crippen LogP contribution in [0.4, 0.5) is 5.69 Å². The Morgan fingerprint density at radius 1 is 1.30 bits per heavy atom. The molecule has 1 heterocycles. The lowest BCUT2D eigenvalue weighted by Gasteiger charge is -2.26. The second kappa shape index (κ2) is 5.97. The molecule has 0 bridgehead atoms. The Kier molecular flexibility index (Phi) is 4.68. The van der Waals surface area contributed by atoms with Crippen LogP contribution >= 0.6 is 34.8 Å². The molecule has 2 atom stereocenters. The molecule has 1 aromatic carbocycles. The number of amides is 1. The number of benzene rings is 1. The SMILES string of the molecule is C[C@@H]1CN(c2ccccc2)C(=O)[C@]1(C)CC(Cl)=C(Cl)Cl. The van der Waals surface area contributed by atoms with Crippen molar-refractivity contribution in [3.05, 3.63) is 39.9 Å². The van der Waals surface area contributed by atoms with E-state index in [-0.39, 0.29) is 16.3 Å². The van der Waals surface area contributed by atoms with Crippen molar-refractivity contribution >= 4 is 46.4 Å². The molecule has 1 aliphatic rings. The predicted octanol–water partition coefficient (Wildman–Crippen LogP) is 4.95. The molecule has 0 spiro atoms. The van der Waals surface area contributed by atoms with Crippen molar-refractivity contribution in [1.82, 2.24) is 0 Å². The van der Waals surface area contributed by atoms with Crippen LogP contribution in [0.15, 0.2) is 39.9 Å². The van der Waals surface area contributed by atoms with Crippen molar-refractivity contribution < 1.29 is 4.79 Å². The van der Waals surface area contributed by atoms with Gasteiger partial charge in [0, 0.05) is 17.3 Å². The fraction of sp³-hybridized carbons (Fsp3) is 0.400. The van der Waals surface area contributed by atoms with Crippen molar-refractivity contribution in [3.8, 4) is 0 Å². The van der Waals surface area contributed by atoms with Gasteiger partial charge in [-0.05, 0) is 24.5 Å². The van der Waals surface area contributed by atoms with E-state index >= 15 is 0 Å². The Balaban J connectivity index is 2.29. The van der Waals surface area contributed by atoms with Crippen molar-refractivity contribution in [2.24, 2.45) is 11.3 Å². The van der Waals surface area contributed by atoms with Crippen molar-refractivity contribution in [2.75, 3.05) is 11.4 Å². The minimum atomic E-state index is -0.581. The maximum absolute atomic E-state index is 12.8. The molecule has 0 N–H and O–H groups in total. The summed E-state index contributed by atoms with van der Waals surface area (Å²) in [5.74, 6) is 0.223. The monoisotopic (exact) mass is 331 g/mol. The van der Waals surface area contributed by atoms with E-state index in [4.69, 9.17) is 34.8 Å². The van der Waals surface area contributed by atoms with E-state index in [1.165, 1.54) is 0 Å². The lowest BCUT2D eigenvalue weighted by molar-refractivity contribution is -0.125. The van der Waals surface area contributed by atoms with E-state index in [9.17, 15) is 4.79 Å². The fourth-order valence-corrected chi connectivity index (χ4v) is 2.96. The number of carbonyl (C=O) groups is 1. The molecular formula is C15H16Cl3NO. The molecule has 1 aromatic rings. The van der Waals surface area contributed by atoms with Crippen LogP contribution in [0.25, 0.3) is 0 Å². The molecule has 0 unspecified atom stereocenters. The third-order valence-electron chi connectivity index (χ3n) is 4.07. The first-order valence-electron chi connectivity index (χ1n) is 6.43. The molecule has 0 saturated carbocycles. The summed E-state index contributed by atoms with van der Waals surface area (Å²) in [6.07, 6.45) is 0.361. The van der Waals surface area contributed by atoms with Gasteiger partial charge in [0.15, 0.2) is 0 Å². The second-order valence-corrected chi connectivity index (χ2v) is 6.82. The van der Waals surface area contributed by atoms with Gasteiger partial charge in [0.25, 0.3) is 0 Å². The minimum Gasteiger partial charge on any atom is -0.312 e. The van der Waals surface area contributed by atoms with Gasteiger partial charge >= 0.3 is 0 Å². The second-order valence-electron chi connectivity index (χ2n) is 5.41. The van der Waals surface area contributed by atoms with Crippen molar-refractivity contribution in [3.63, 3.8) is 0 Å². The van der Waals surface area contributed by atoms with Gasteiger partial charge < -0.3 is 4.90 Å². The zero-order chi connectivity index (χ0) is 14.9. The van der Waals surface area contributed by atoms with Gasteiger partial charge in [-0.2, -0.15) is 0 Å². The number of para-hydroxylation sites is 1. The third kappa shape index (κ3) is 2.83. The summed E-state index contributed by atoms with van der Waals surface area (Å²) in [7, 11) is 0. The molecule has 20 heavy (non-hydrogen) atoms. The Bertz CT molecular complexity index is 539. The lowest BCUT2D eigenvalue weighted by atomic mass is 9.77. The molecule has 1 aliphatic heterocycles. The fourth-order valence-electron chi connectivity index (χ4n) is 2.55. The molecule has 2 rings (SSSR count). The number of halogens is 3. The molecule has 1 fully saturated rings. The number of anilines is 1. The van der Waals surface area contributed by atoms with Gasteiger partial charge in [0.05, 0.1) is 5.41 Å². The van der Waals surface area contributed by atoms with E-state index in [1.807, 2.05) is 44.2 Å². The van der Waals surface area contributed by atoms with Crippen LogP contribution in [0.1, 0.15) is 20.3 Å². The zero-order valence-electron chi connectivity index (χ0n) is 11.4. The molecule has 108 valence electrons. The normalized spacial score (nSPS) is 25.9. The highest BCUT2D eigenvalue weighted by Gasteiger charge is 2.49. The van der Waals surface area contributed by atoms with E-state index in [1.54, 1.807) is 4.90 Å². The largest absolute Gasteiger partial charge is 0.312 e. The van der Waals surface area contributed by atoms with Crippen LogP contribution in [0.5, 0.6) is 0 Å². The lowest BCUT2D eigenvalue weighted by Crippen LogP contribution is -2.34. The Morgan fingerprint density at radius 2 is 1.90 bits per heavy atom. The van der Waals surface area contributed by atoms with Crippen LogP contribution in [0.2, 0.25) is 0 Å². The maximum atomic E-state index is 12.8. The van der Waals surface area contributed by atoms with E-state index < -0.39 is 5.41 Å². The van der Waals surface area contributed by atoms with Crippen LogP contribution in [-0.2, 0) is 4.79 Å². The summed E-state index contributed by atoms with van der Waals surface area (Å²) in [5, 5.41) is 0.339. The summed E-state index contributed by atoms with van der Waals surface area (Å²) in [5.41, 5.74) is 0.326. The molecule has 5 heteroatoms. The zero-order valence-corrected chi connectivity index (χ0v) is 13.6. The standard InChI is InChI=1S/C15H16Cl3NO/c1-10-9-19(11-6-4-3-5-7-11)14(20)15(10,2)8-12(16)13(17)18/h3-7,10H,8-9H2,1-2H3/t10-,15-/m1/s1. The number of nitrogens with zero attached hydrogens (tertiary/aromatic N) is 1. The van der Waals surface area contributed by atoms with E-state index in [0.717, 1.165) is 5.69 Å². The molecule has 1 amide bonds. The first-order valence-corrected chi connectivity index (χ1v) is 7.56. The number of rotatable bonds is 3. The van der Waals surface area contributed by atoms with Gasteiger partial charge in [0.2, 0.25) is 5.91 Å². The summed E-state index contributed by atoms with van der Waals surface area (Å²) in [6, 6.07) is 9.64. The van der Waals surface area contributed by atoms with Gasteiger partial charge in [-0.25, -0.2) is 0 Å². The summed E-state index contributed by atoms with van der Waals surface area (Å²) >= 11 is 17.5. The quantitative estimate of drug-likeness (QED) is 0.767. The molecule has 2 nitrogen and oxygen atoms in total. The topological polar surface area (TPSA) is 20.3 Å². The third-order valence-corrected chi connectivity index (χ3v) is 5.05. The predicted molar refractivity (Wildman–Crippen MR) is 85.3 cm³/mol. The van der Waals surface area contributed by atoms with Gasteiger partial charge in [-0.15, -0.1) is 0 Å². The Labute approximate surface area is 134 Å². The highest BCUT2D eigenvalue weighted by molar-refractivity contribution is 6.59. The van der Waals surface area contributed by atoms with Gasteiger partial charge in [0.1, 0.15) is 4.49 Å². The number of hydrogen-bond donors (Lipinski definition) is 0. The molecule has 0 aliphatic carbocycles. The average molecular weight is 333 g/mol. The summed E-state index contributed by atoms with van der Waals surface area (Å²) in [4.78, 5) is 14.6. The highest BCUT2D eigenvalue weighted by atomic mass is 35.5. The molecule has 0 aromatic heterocycles. The molecule has 0 radical (unpaired) electrons. The van der Waals surface area contributed by atoms with Crippen LogP contribution in [-0.4, -0.2) is 12.5 Å². The Morgan fingerprint density at radius 3 is 2.45 bits per heavy atom. The Hall–Kier alpha value is -0.700. The van der Waals surface area contributed by atoms with E-state index in [0.29, 0.717) is 18.0 Å². The first kappa shape index (κ1) is 15.7. The number of allylic oxidation sites excluding steroid dienone is 1. The first-order chi connectivity index (χ1) is 9.36. The van der Waals surface area contributed by atoms with Crippen molar-refractivity contribution in [1.29, 1.82) is 0 Å². The van der Waals surface area contributed by atoms with Crippen LogP contribution in [0.3, 0.4) is 0 Å². The number of hydrogen-bond acceptors (Lipinski definition) is 1. The highest BCUT2D eigenvalue weighted by Crippen LogP contribution is 2.45. The van der Waals surface area contributed by atoms with Crippen molar-refractivity contribution in [2.45, 2.75) is 20.3 Å². The van der Waals surface area contributed by atoms with E-state index in [2.05, 4.69) is 0 Å².